The zero-order valence-corrected chi connectivity index (χ0v) is 17.0. The van der Waals surface area contributed by atoms with E-state index >= 15 is 0 Å². The monoisotopic (exact) mass is 394 g/mol. The van der Waals surface area contributed by atoms with Gasteiger partial charge in [0.2, 0.25) is 0 Å². The summed E-state index contributed by atoms with van der Waals surface area (Å²) in [7, 11) is 6.13. The fourth-order valence-corrected chi connectivity index (χ4v) is 4.49. The highest BCUT2D eigenvalue weighted by Crippen LogP contribution is 2.36. The van der Waals surface area contributed by atoms with Crippen LogP contribution in [0.2, 0.25) is 0 Å². The molecule has 0 spiro atoms. The van der Waals surface area contributed by atoms with Crippen molar-refractivity contribution in [3.05, 3.63) is 52.8 Å². The Labute approximate surface area is 164 Å². The van der Waals surface area contributed by atoms with E-state index in [-0.39, 0.29) is 5.56 Å². The summed E-state index contributed by atoms with van der Waals surface area (Å²) in [5.41, 5.74) is 1.87. The van der Waals surface area contributed by atoms with Crippen molar-refractivity contribution in [2.45, 2.75) is 38.5 Å². The zero-order valence-electron chi connectivity index (χ0n) is 17.0. The van der Waals surface area contributed by atoms with Crippen molar-refractivity contribution in [2.24, 2.45) is 13.0 Å². The summed E-state index contributed by atoms with van der Waals surface area (Å²) in [4.78, 5) is 4.61. The van der Waals surface area contributed by atoms with Crippen molar-refractivity contribution in [1.29, 1.82) is 0 Å². The Morgan fingerprint density at radius 2 is 2.00 bits per heavy atom. The normalized spacial score (nSPS) is 21.4. The van der Waals surface area contributed by atoms with Gasteiger partial charge < -0.3 is 4.90 Å². The van der Waals surface area contributed by atoms with Gasteiger partial charge in [-0.1, -0.05) is 12.1 Å². The lowest BCUT2D eigenvalue weighted by molar-refractivity contribution is -0.138. The molecule has 7 heteroatoms. The van der Waals surface area contributed by atoms with Crippen LogP contribution in [0, 0.1) is 12.8 Å². The Balaban J connectivity index is 1.69. The van der Waals surface area contributed by atoms with Crippen LogP contribution in [-0.2, 0) is 19.8 Å². The van der Waals surface area contributed by atoms with Crippen LogP contribution in [0.5, 0.6) is 0 Å². The smallest absolute Gasteiger partial charge is 0.302 e. The number of piperidine rings is 1. The zero-order chi connectivity index (χ0) is 20.5. The molecule has 1 aliphatic rings. The number of hydrogen-bond acceptors (Lipinski definition) is 3. The van der Waals surface area contributed by atoms with E-state index in [2.05, 4.69) is 28.1 Å². The first-order chi connectivity index (χ1) is 13.1. The van der Waals surface area contributed by atoms with Crippen molar-refractivity contribution in [3.63, 3.8) is 0 Å². The highest BCUT2D eigenvalue weighted by atomic mass is 19.4. The number of aryl methyl sites for hydroxylation is 2. The van der Waals surface area contributed by atoms with Gasteiger partial charge in [0.1, 0.15) is 0 Å². The molecule has 0 radical (unpaired) electrons. The average Bonchev–Trinajstić information content (AvgIpc) is 2.99. The molecule has 0 aliphatic carbocycles. The molecule has 1 fully saturated rings. The van der Waals surface area contributed by atoms with Crippen molar-refractivity contribution >= 4 is 0 Å². The maximum absolute atomic E-state index is 13.0. The average molecular weight is 394 g/mol. The topological polar surface area (TPSA) is 24.3 Å². The van der Waals surface area contributed by atoms with E-state index in [1.165, 1.54) is 18.6 Å². The SMILES string of the molecule is Cc1cc(CN(C)C[C@@H]2CCCN(C)[C@H]2c2cnn(C)c2)ccc1C(F)(F)F. The molecule has 0 bridgehead atoms. The third-order valence-electron chi connectivity index (χ3n) is 5.67. The van der Waals surface area contributed by atoms with Crippen LogP contribution in [0.4, 0.5) is 13.2 Å². The van der Waals surface area contributed by atoms with Crippen LogP contribution in [0.3, 0.4) is 0 Å². The van der Waals surface area contributed by atoms with Crippen LogP contribution >= 0.6 is 0 Å². The first-order valence-corrected chi connectivity index (χ1v) is 9.69. The number of nitrogens with zero attached hydrogens (tertiary/aromatic N) is 4. The summed E-state index contributed by atoms with van der Waals surface area (Å²) in [6.45, 7) is 4.13. The number of aromatic nitrogens is 2. The van der Waals surface area contributed by atoms with Crippen LogP contribution in [-0.4, -0.2) is 46.8 Å². The number of halogens is 3. The van der Waals surface area contributed by atoms with E-state index in [4.69, 9.17) is 0 Å². The second kappa shape index (κ2) is 8.25. The maximum Gasteiger partial charge on any atom is 0.416 e. The van der Waals surface area contributed by atoms with Crippen LogP contribution in [0.25, 0.3) is 0 Å². The maximum atomic E-state index is 13.0. The van der Waals surface area contributed by atoms with Gasteiger partial charge in [-0.2, -0.15) is 18.3 Å². The molecule has 1 saturated heterocycles. The van der Waals surface area contributed by atoms with Gasteiger partial charge in [-0.05, 0) is 63.5 Å². The van der Waals surface area contributed by atoms with Crippen LogP contribution < -0.4 is 0 Å². The quantitative estimate of drug-likeness (QED) is 0.757. The highest BCUT2D eigenvalue weighted by molar-refractivity contribution is 5.33. The molecule has 28 heavy (non-hydrogen) atoms. The molecule has 4 nitrogen and oxygen atoms in total. The summed E-state index contributed by atoms with van der Waals surface area (Å²) in [6, 6.07) is 4.77. The van der Waals surface area contributed by atoms with Crippen molar-refractivity contribution in [2.75, 3.05) is 27.2 Å². The van der Waals surface area contributed by atoms with Gasteiger partial charge in [-0.3, -0.25) is 9.58 Å². The molecule has 0 N–H and O–H groups in total. The molecule has 0 unspecified atom stereocenters. The molecule has 1 aromatic heterocycles. The lowest BCUT2D eigenvalue weighted by atomic mass is 9.85. The lowest BCUT2D eigenvalue weighted by Crippen LogP contribution is -2.40. The molecule has 2 heterocycles. The first kappa shape index (κ1) is 20.9. The second-order valence-corrected chi connectivity index (χ2v) is 8.12. The summed E-state index contributed by atoms with van der Waals surface area (Å²) in [5, 5.41) is 4.33. The standard InChI is InChI=1S/C21H29F3N4/c1-15-10-16(7-8-19(15)21(22,23)24)12-26(2)13-17-6-5-9-27(3)20(17)18-11-25-28(4)14-18/h7-8,10-11,14,17,20H,5-6,9,12-13H2,1-4H3/t17-,20+/m0/s1. The minimum absolute atomic E-state index is 0.282. The number of rotatable bonds is 5. The highest BCUT2D eigenvalue weighted by Gasteiger charge is 2.33. The molecule has 2 aromatic rings. The Morgan fingerprint density at radius 1 is 1.25 bits per heavy atom. The Hall–Kier alpha value is -1.86. The molecule has 0 amide bonds. The van der Waals surface area contributed by atoms with E-state index in [1.807, 2.05) is 25.0 Å². The lowest BCUT2D eigenvalue weighted by Gasteiger charge is -2.40. The fraction of sp³-hybridized carbons (Fsp3) is 0.571. The van der Waals surface area contributed by atoms with Gasteiger partial charge in [0, 0.05) is 37.9 Å². The van der Waals surface area contributed by atoms with Crippen molar-refractivity contribution < 1.29 is 13.2 Å². The Morgan fingerprint density at radius 3 is 2.61 bits per heavy atom. The van der Waals surface area contributed by atoms with Gasteiger partial charge in [-0.15, -0.1) is 0 Å². The van der Waals surface area contributed by atoms with Crippen LogP contribution in [0.1, 0.15) is 41.1 Å². The van der Waals surface area contributed by atoms with E-state index < -0.39 is 11.7 Å². The molecule has 3 rings (SSSR count). The predicted molar refractivity (Wildman–Crippen MR) is 104 cm³/mol. The molecule has 2 atom stereocenters. The second-order valence-electron chi connectivity index (χ2n) is 8.12. The molecule has 1 aromatic carbocycles. The number of hydrogen-bond donors (Lipinski definition) is 0. The molecule has 0 saturated carbocycles. The minimum atomic E-state index is -4.29. The summed E-state index contributed by atoms with van der Waals surface area (Å²) in [6.07, 6.45) is 2.03. The third kappa shape index (κ3) is 4.75. The van der Waals surface area contributed by atoms with Crippen molar-refractivity contribution in [3.8, 4) is 0 Å². The Kier molecular flexibility index (Phi) is 6.15. The molecular weight excluding hydrogens is 365 g/mol. The Bertz CT molecular complexity index is 799. The first-order valence-electron chi connectivity index (χ1n) is 9.69. The van der Waals surface area contributed by atoms with E-state index in [9.17, 15) is 13.2 Å². The summed E-state index contributed by atoms with van der Waals surface area (Å²) < 4.78 is 40.8. The summed E-state index contributed by atoms with van der Waals surface area (Å²) in [5.74, 6) is 0.462. The summed E-state index contributed by atoms with van der Waals surface area (Å²) >= 11 is 0. The molecular formula is C21H29F3N4. The van der Waals surface area contributed by atoms with Gasteiger partial charge >= 0.3 is 6.18 Å². The largest absolute Gasteiger partial charge is 0.416 e. The third-order valence-corrected chi connectivity index (χ3v) is 5.67. The van der Waals surface area contributed by atoms with Gasteiger partial charge in [0.05, 0.1) is 11.8 Å². The fourth-order valence-electron chi connectivity index (χ4n) is 4.49. The molecule has 154 valence electrons. The van der Waals surface area contributed by atoms with Gasteiger partial charge in [0.15, 0.2) is 0 Å². The van der Waals surface area contributed by atoms with Gasteiger partial charge in [-0.25, -0.2) is 0 Å². The van der Waals surface area contributed by atoms with E-state index in [1.54, 1.807) is 12.1 Å². The number of likely N-dealkylation sites (tertiary alicyclic amines) is 1. The van der Waals surface area contributed by atoms with Gasteiger partial charge in [0.25, 0.3) is 0 Å². The van der Waals surface area contributed by atoms with Crippen molar-refractivity contribution in [1.82, 2.24) is 19.6 Å². The predicted octanol–water partition coefficient (Wildman–Crippen LogP) is 4.26. The number of alkyl halides is 3. The minimum Gasteiger partial charge on any atom is -0.302 e. The van der Waals surface area contributed by atoms with Crippen LogP contribution in [0.15, 0.2) is 30.6 Å². The van der Waals surface area contributed by atoms with E-state index in [0.29, 0.717) is 18.5 Å². The number of benzene rings is 1. The van der Waals surface area contributed by atoms with E-state index in [0.717, 1.165) is 31.5 Å². The molecule has 1 aliphatic heterocycles.